The summed E-state index contributed by atoms with van der Waals surface area (Å²) in [6.45, 7) is 9.61. The zero-order chi connectivity index (χ0) is 14.7. The van der Waals surface area contributed by atoms with E-state index in [0.717, 1.165) is 19.3 Å². The van der Waals surface area contributed by atoms with Crippen LogP contribution in [0.1, 0.15) is 47.0 Å². The third-order valence-electron chi connectivity index (χ3n) is 2.77. The molecule has 0 N–H and O–H groups in total. The normalized spacial score (nSPS) is 10.4. The Morgan fingerprint density at radius 2 is 1.58 bits per heavy atom. The molecule has 0 unspecified atom stereocenters. The first kappa shape index (κ1) is 18.0. The smallest absolute Gasteiger partial charge is 0.0553 e. The first-order valence-electron chi connectivity index (χ1n) is 6.83. The van der Waals surface area contributed by atoms with Crippen molar-refractivity contribution < 1.29 is 9.47 Å². The van der Waals surface area contributed by atoms with Crippen LogP contribution in [0.3, 0.4) is 0 Å². The van der Waals surface area contributed by atoms with Crippen molar-refractivity contribution in [3.63, 3.8) is 0 Å². The molecule has 0 aromatic rings. The van der Waals surface area contributed by atoms with Crippen molar-refractivity contribution in [2.45, 2.75) is 47.0 Å². The van der Waals surface area contributed by atoms with Gasteiger partial charge in [0.1, 0.15) is 0 Å². The monoisotopic (exact) mass is 264 g/mol. The van der Waals surface area contributed by atoms with Crippen molar-refractivity contribution in [2.75, 3.05) is 27.4 Å². The molecule has 108 valence electrons. The fraction of sp³-hybridized carbons (Fsp3) is 0.706. The van der Waals surface area contributed by atoms with Gasteiger partial charge in [-0.05, 0) is 38.3 Å². The number of ether oxygens (including phenoxy) is 2. The Labute approximate surface area is 118 Å². The van der Waals surface area contributed by atoms with E-state index in [0.29, 0.717) is 13.2 Å². The Morgan fingerprint density at radius 1 is 1.00 bits per heavy atom. The highest BCUT2D eigenvalue weighted by molar-refractivity contribution is 5.10. The van der Waals surface area contributed by atoms with Gasteiger partial charge < -0.3 is 9.47 Å². The van der Waals surface area contributed by atoms with Gasteiger partial charge in [-0.2, -0.15) is 0 Å². The minimum Gasteiger partial charge on any atom is -0.384 e. The number of rotatable bonds is 7. The van der Waals surface area contributed by atoms with Crippen LogP contribution in [0.5, 0.6) is 0 Å². The predicted molar refractivity (Wildman–Crippen MR) is 81.0 cm³/mol. The second kappa shape index (κ2) is 9.87. The lowest BCUT2D eigenvalue weighted by molar-refractivity contribution is 0.0133. The largest absolute Gasteiger partial charge is 0.384 e. The van der Waals surface area contributed by atoms with E-state index in [1.54, 1.807) is 14.2 Å². The van der Waals surface area contributed by atoms with Crippen molar-refractivity contribution >= 4 is 0 Å². The van der Waals surface area contributed by atoms with Crippen LogP contribution in [0.2, 0.25) is 0 Å². The molecule has 0 spiro atoms. The summed E-state index contributed by atoms with van der Waals surface area (Å²) < 4.78 is 10.8. The van der Waals surface area contributed by atoms with Crippen LogP contribution in [-0.2, 0) is 9.47 Å². The lowest BCUT2D eigenvalue weighted by atomic mass is 9.80. The van der Waals surface area contributed by atoms with Crippen molar-refractivity contribution in [1.29, 1.82) is 0 Å². The molecule has 0 aromatic carbocycles. The fourth-order valence-electron chi connectivity index (χ4n) is 2.33. The Hall–Kier alpha value is -1.00. The van der Waals surface area contributed by atoms with E-state index in [4.69, 9.17) is 9.47 Å². The molecular weight excluding hydrogens is 236 g/mol. The third-order valence-corrected chi connectivity index (χ3v) is 2.77. The molecule has 0 aliphatic rings. The molecule has 2 heteroatoms. The van der Waals surface area contributed by atoms with Gasteiger partial charge >= 0.3 is 0 Å². The molecule has 0 atom stereocenters. The van der Waals surface area contributed by atoms with Crippen LogP contribution in [0.4, 0.5) is 0 Å². The molecule has 0 fully saturated rings. The van der Waals surface area contributed by atoms with Crippen molar-refractivity contribution in [1.82, 2.24) is 0 Å². The Bertz CT molecular complexity index is 366. The van der Waals surface area contributed by atoms with Crippen LogP contribution in [0.15, 0.2) is 16.9 Å². The molecule has 0 bridgehead atoms. The maximum atomic E-state index is 5.40. The molecule has 0 radical (unpaired) electrons. The topological polar surface area (TPSA) is 18.5 Å². The summed E-state index contributed by atoms with van der Waals surface area (Å²) in [4.78, 5) is 0. The first-order valence-corrected chi connectivity index (χ1v) is 6.83. The number of allylic oxidation sites excluding steroid dienone is 1. The van der Waals surface area contributed by atoms with Crippen molar-refractivity contribution in [2.24, 2.45) is 5.41 Å². The van der Waals surface area contributed by atoms with Crippen LogP contribution < -0.4 is 0 Å². The quantitative estimate of drug-likeness (QED) is 0.511. The molecule has 0 aliphatic carbocycles. The summed E-state index contributed by atoms with van der Waals surface area (Å²) in [6.07, 6.45) is 2.58. The van der Waals surface area contributed by atoms with Gasteiger partial charge in [0.15, 0.2) is 0 Å². The predicted octanol–water partition coefficient (Wildman–Crippen LogP) is 3.97. The van der Waals surface area contributed by atoms with Gasteiger partial charge in [-0.15, -0.1) is 17.6 Å². The van der Waals surface area contributed by atoms with Gasteiger partial charge in [0.2, 0.25) is 0 Å². The lowest BCUT2D eigenvalue weighted by Gasteiger charge is -2.30. The van der Waals surface area contributed by atoms with E-state index in [9.17, 15) is 0 Å². The van der Waals surface area contributed by atoms with Crippen LogP contribution in [-0.4, -0.2) is 27.4 Å². The molecular formula is C17H28O2. The van der Waals surface area contributed by atoms with Gasteiger partial charge in [0.05, 0.1) is 13.2 Å². The summed E-state index contributed by atoms with van der Waals surface area (Å²) in [6, 6.07) is 0. The number of hydrogen-bond donors (Lipinski definition) is 0. The highest BCUT2D eigenvalue weighted by Gasteiger charge is 2.30. The van der Waals surface area contributed by atoms with E-state index in [2.05, 4.69) is 45.3 Å². The minimum absolute atomic E-state index is 0.0712. The zero-order valence-corrected chi connectivity index (χ0v) is 13.4. The minimum atomic E-state index is -0.0712. The van der Waals surface area contributed by atoms with Crippen molar-refractivity contribution in [3.05, 3.63) is 16.9 Å². The van der Waals surface area contributed by atoms with Gasteiger partial charge in [-0.25, -0.2) is 0 Å². The average molecular weight is 264 g/mol. The molecule has 0 saturated carbocycles. The average Bonchev–Trinajstić information content (AvgIpc) is 2.28. The standard InChI is InChI=1S/C17H28O2/c1-7-8-9-10-17(13-18-5,14-19-6)12-16(4)11-15(2)3/h7,10,12-14H2,1-6H3. The molecule has 2 nitrogen and oxygen atoms in total. The number of methoxy groups -OCH3 is 2. The molecule has 19 heavy (non-hydrogen) atoms. The van der Waals surface area contributed by atoms with Gasteiger partial charge in [-0.1, -0.05) is 6.92 Å². The Balaban J connectivity index is 5.15. The summed E-state index contributed by atoms with van der Waals surface area (Å²) in [7, 11) is 3.47. The number of hydrogen-bond acceptors (Lipinski definition) is 2. The molecule has 0 aliphatic heterocycles. The molecule has 0 aromatic heterocycles. The lowest BCUT2D eigenvalue weighted by Crippen LogP contribution is -2.31. The van der Waals surface area contributed by atoms with E-state index in [1.807, 2.05) is 0 Å². The summed E-state index contributed by atoms with van der Waals surface area (Å²) in [5.74, 6) is 6.38. The first-order chi connectivity index (χ1) is 8.99. The second-order valence-electron chi connectivity index (χ2n) is 5.33. The zero-order valence-electron chi connectivity index (χ0n) is 13.4. The van der Waals surface area contributed by atoms with E-state index >= 15 is 0 Å². The van der Waals surface area contributed by atoms with Crippen LogP contribution in [0.25, 0.3) is 0 Å². The van der Waals surface area contributed by atoms with Gasteiger partial charge in [-0.3, -0.25) is 0 Å². The van der Waals surface area contributed by atoms with Crippen LogP contribution in [0, 0.1) is 17.3 Å². The van der Waals surface area contributed by atoms with Gasteiger partial charge in [0.25, 0.3) is 0 Å². The van der Waals surface area contributed by atoms with E-state index < -0.39 is 0 Å². The second-order valence-corrected chi connectivity index (χ2v) is 5.33. The molecule has 0 rings (SSSR count). The summed E-state index contributed by atoms with van der Waals surface area (Å²) >= 11 is 0. The van der Waals surface area contributed by atoms with E-state index in [1.165, 1.54) is 11.1 Å². The maximum absolute atomic E-state index is 5.40. The molecule has 0 amide bonds. The van der Waals surface area contributed by atoms with Crippen LogP contribution >= 0.6 is 0 Å². The summed E-state index contributed by atoms with van der Waals surface area (Å²) in [5, 5.41) is 0. The third kappa shape index (κ3) is 7.90. The maximum Gasteiger partial charge on any atom is 0.0553 e. The Morgan fingerprint density at radius 3 is 2.00 bits per heavy atom. The Kier molecular flexibility index (Phi) is 9.35. The SMILES string of the molecule is CCC#CCC(COC)(COC)CC(C)=C=C(C)C. The van der Waals surface area contributed by atoms with E-state index in [-0.39, 0.29) is 5.41 Å². The summed E-state index contributed by atoms with van der Waals surface area (Å²) in [5.41, 5.74) is 5.73. The highest BCUT2D eigenvalue weighted by Crippen LogP contribution is 2.31. The van der Waals surface area contributed by atoms with Gasteiger partial charge in [0, 0.05) is 32.5 Å². The fourth-order valence-corrected chi connectivity index (χ4v) is 2.33. The molecule has 0 heterocycles. The molecule has 0 saturated heterocycles. The van der Waals surface area contributed by atoms with Crippen molar-refractivity contribution in [3.8, 4) is 11.8 Å². The highest BCUT2D eigenvalue weighted by atomic mass is 16.5.